The van der Waals surface area contributed by atoms with E-state index in [1.165, 1.54) is 17.8 Å². The number of rotatable bonds is 10. The van der Waals surface area contributed by atoms with E-state index in [2.05, 4.69) is 26.6 Å². The Labute approximate surface area is 210 Å². The molecule has 0 aliphatic heterocycles. The third-order valence-corrected chi connectivity index (χ3v) is 6.34. The lowest BCUT2D eigenvalue weighted by Crippen LogP contribution is -2.45. The Hall–Kier alpha value is -3.36. The molecule has 2 amide bonds. The zero-order chi connectivity index (χ0) is 24.3. The van der Waals surface area contributed by atoms with Crippen molar-refractivity contribution in [2.45, 2.75) is 11.8 Å². The van der Waals surface area contributed by atoms with Gasteiger partial charge in [-0.15, -0.1) is 0 Å². The maximum absolute atomic E-state index is 13.1. The third-order valence-electron chi connectivity index (χ3n) is 4.71. The van der Waals surface area contributed by atoms with E-state index in [0.29, 0.717) is 16.9 Å². The standard InChI is InChI=1S/C26H23BrN2O4S/c27-21-13-11-18(12-14-21)15-22(28-24(30)20-9-5-2-6-10-20)25(31)29-23(26(32)33)17-34-16-19-7-3-1-4-8-19/h1-15,23H,16-17H2,(H,28,30)(H,29,31)(H,32,33)/b22-15-/t23-/m1/s1. The SMILES string of the molecule is O=C(N[C@H](CSCc1ccccc1)C(=O)O)/C(=C/c1ccc(Br)cc1)NC(=O)c1ccccc1. The molecule has 6 nitrogen and oxygen atoms in total. The molecule has 0 saturated heterocycles. The highest BCUT2D eigenvalue weighted by Gasteiger charge is 2.23. The van der Waals surface area contributed by atoms with Gasteiger partial charge in [-0.25, -0.2) is 4.79 Å². The lowest BCUT2D eigenvalue weighted by molar-refractivity contribution is -0.140. The minimum absolute atomic E-state index is 0.0458. The fourth-order valence-corrected chi connectivity index (χ4v) is 4.22. The summed E-state index contributed by atoms with van der Waals surface area (Å²) < 4.78 is 0.866. The number of aliphatic carboxylic acids is 1. The van der Waals surface area contributed by atoms with Gasteiger partial charge in [0.25, 0.3) is 11.8 Å². The molecule has 0 radical (unpaired) electrons. The highest BCUT2D eigenvalue weighted by Crippen LogP contribution is 2.15. The molecule has 0 fully saturated rings. The van der Waals surface area contributed by atoms with Crippen LogP contribution in [0.2, 0.25) is 0 Å². The average molecular weight is 539 g/mol. The van der Waals surface area contributed by atoms with E-state index in [1.54, 1.807) is 54.6 Å². The first kappa shape index (κ1) is 25.3. The molecule has 34 heavy (non-hydrogen) atoms. The van der Waals surface area contributed by atoms with Gasteiger partial charge in [0.2, 0.25) is 0 Å². The summed E-state index contributed by atoms with van der Waals surface area (Å²) in [5, 5.41) is 14.8. The molecule has 3 rings (SSSR count). The molecular formula is C26H23BrN2O4S. The van der Waals surface area contributed by atoms with Crippen LogP contribution in [-0.4, -0.2) is 34.7 Å². The van der Waals surface area contributed by atoms with Crippen LogP contribution in [0.4, 0.5) is 0 Å². The number of benzene rings is 3. The van der Waals surface area contributed by atoms with E-state index in [-0.39, 0.29) is 11.4 Å². The van der Waals surface area contributed by atoms with Crippen molar-refractivity contribution in [2.24, 2.45) is 0 Å². The first-order chi connectivity index (χ1) is 16.4. The number of carbonyl (C=O) groups is 3. The Morgan fingerprint density at radius 1 is 0.912 bits per heavy atom. The number of carboxylic acids is 1. The van der Waals surface area contributed by atoms with Gasteiger partial charge in [-0.2, -0.15) is 11.8 Å². The Bertz CT molecular complexity index is 1150. The fourth-order valence-electron chi connectivity index (χ4n) is 2.95. The molecular weight excluding hydrogens is 516 g/mol. The van der Waals surface area contributed by atoms with Gasteiger partial charge < -0.3 is 15.7 Å². The second-order valence-corrected chi connectivity index (χ2v) is 9.24. The van der Waals surface area contributed by atoms with E-state index in [1.807, 2.05) is 30.3 Å². The topological polar surface area (TPSA) is 95.5 Å². The number of nitrogens with one attached hydrogen (secondary N) is 2. The summed E-state index contributed by atoms with van der Waals surface area (Å²) >= 11 is 4.77. The number of carbonyl (C=O) groups excluding carboxylic acids is 2. The van der Waals surface area contributed by atoms with Crippen molar-refractivity contribution in [1.82, 2.24) is 10.6 Å². The molecule has 0 aliphatic rings. The first-order valence-electron chi connectivity index (χ1n) is 10.4. The molecule has 8 heteroatoms. The van der Waals surface area contributed by atoms with Crippen molar-refractivity contribution in [3.63, 3.8) is 0 Å². The van der Waals surface area contributed by atoms with Crippen LogP contribution in [0, 0.1) is 0 Å². The number of thioether (sulfide) groups is 1. The van der Waals surface area contributed by atoms with Gasteiger partial charge >= 0.3 is 5.97 Å². The predicted octanol–water partition coefficient (Wildman–Crippen LogP) is 4.72. The van der Waals surface area contributed by atoms with Gasteiger partial charge in [-0.05, 0) is 41.5 Å². The van der Waals surface area contributed by atoms with Crippen molar-refractivity contribution < 1.29 is 19.5 Å². The van der Waals surface area contributed by atoms with Gasteiger partial charge in [0.1, 0.15) is 11.7 Å². The van der Waals surface area contributed by atoms with Crippen molar-refractivity contribution in [3.05, 3.63) is 112 Å². The lowest BCUT2D eigenvalue weighted by Gasteiger charge is -2.17. The monoisotopic (exact) mass is 538 g/mol. The Kier molecular flexibility index (Phi) is 9.49. The van der Waals surface area contributed by atoms with Gasteiger partial charge in [0.15, 0.2) is 0 Å². The number of amides is 2. The van der Waals surface area contributed by atoms with Gasteiger partial charge in [-0.1, -0.05) is 76.6 Å². The second kappa shape index (κ2) is 12.8. The summed E-state index contributed by atoms with van der Waals surface area (Å²) in [4.78, 5) is 37.5. The van der Waals surface area contributed by atoms with Crippen LogP contribution in [0.25, 0.3) is 6.08 Å². The van der Waals surface area contributed by atoms with Crippen LogP contribution < -0.4 is 10.6 Å². The van der Waals surface area contributed by atoms with Crippen molar-refractivity contribution in [3.8, 4) is 0 Å². The zero-order valence-corrected chi connectivity index (χ0v) is 20.5. The number of hydrogen-bond donors (Lipinski definition) is 3. The molecule has 0 aliphatic carbocycles. The number of hydrogen-bond acceptors (Lipinski definition) is 4. The van der Waals surface area contributed by atoms with Crippen LogP contribution >= 0.6 is 27.7 Å². The van der Waals surface area contributed by atoms with Crippen molar-refractivity contribution in [1.29, 1.82) is 0 Å². The van der Waals surface area contributed by atoms with Gasteiger partial charge in [0, 0.05) is 21.5 Å². The van der Waals surface area contributed by atoms with Crippen LogP contribution in [0.3, 0.4) is 0 Å². The Balaban J connectivity index is 1.74. The summed E-state index contributed by atoms with van der Waals surface area (Å²) in [5.74, 6) is -1.50. The lowest BCUT2D eigenvalue weighted by atomic mass is 10.1. The van der Waals surface area contributed by atoms with E-state index in [0.717, 1.165) is 10.0 Å². The van der Waals surface area contributed by atoms with E-state index in [4.69, 9.17) is 0 Å². The molecule has 3 aromatic carbocycles. The summed E-state index contributed by atoms with van der Waals surface area (Å²) in [6, 6.07) is 24.2. The smallest absolute Gasteiger partial charge is 0.327 e. The third kappa shape index (κ3) is 7.90. The minimum atomic E-state index is -1.15. The highest BCUT2D eigenvalue weighted by atomic mass is 79.9. The summed E-state index contributed by atoms with van der Waals surface area (Å²) in [6.45, 7) is 0. The molecule has 174 valence electrons. The van der Waals surface area contributed by atoms with Crippen LogP contribution in [0.1, 0.15) is 21.5 Å². The fraction of sp³-hybridized carbons (Fsp3) is 0.115. The molecule has 0 saturated carbocycles. The van der Waals surface area contributed by atoms with Gasteiger partial charge in [-0.3, -0.25) is 9.59 Å². The first-order valence-corrected chi connectivity index (χ1v) is 12.4. The molecule has 0 heterocycles. The second-order valence-electron chi connectivity index (χ2n) is 7.29. The minimum Gasteiger partial charge on any atom is -0.480 e. The summed E-state index contributed by atoms with van der Waals surface area (Å²) in [6.07, 6.45) is 1.51. The van der Waals surface area contributed by atoms with Gasteiger partial charge in [0.05, 0.1) is 0 Å². The highest BCUT2D eigenvalue weighted by molar-refractivity contribution is 9.10. The van der Waals surface area contributed by atoms with E-state index in [9.17, 15) is 19.5 Å². The maximum Gasteiger partial charge on any atom is 0.327 e. The van der Waals surface area contributed by atoms with Crippen molar-refractivity contribution >= 4 is 51.6 Å². The summed E-state index contributed by atoms with van der Waals surface area (Å²) in [5.41, 5.74) is 2.07. The molecule has 0 bridgehead atoms. The molecule has 0 aromatic heterocycles. The molecule has 3 N–H and O–H groups in total. The van der Waals surface area contributed by atoms with Crippen LogP contribution in [-0.2, 0) is 15.3 Å². The number of carboxylic acid groups (broad SMARTS) is 1. The molecule has 3 aromatic rings. The largest absolute Gasteiger partial charge is 0.480 e. The summed E-state index contributed by atoms with van der Waals surface area (Å²) in [7, 11) is 0. The Morgan fingerprint density at radius 2 is 1.53 bits per heavy atom. The molecule has 0 unspecified atom stereocenters. The predicted molar refractivity (Wildman–Crippen MR) is 138 cm³/mol. The quantitative estimate of drug-likeness (QED) is 0.324. The average Bonchev–Trinajstić information content (AvgIpc) is 2.85. The normalized spacial score (nSPS) is 12.0. The number of halogens is 1. The maximum atomic E-state index is 13.1. The zero-order valence-electron chi connectivity index (χ0n) is 18.1. The van der Waals surface area contributed by atoms with Crippen LogP contribution in [0.15, 0.2) is 95.1 Å². The molecule has 0 spiro atoms. The van der Waals surface area contributed by atoms with Crippen LogP contribution in [0.5, 0.6) is 0 Å². The molecule has 1 atom stereocenters. The Morgan fingerprint density at radius 3 is 2.15 bits per heavy atom. The van der Waals surface area contributed by atoms with E-state index < -0.39 is 23.8 Å². The van der Waals surface area contributed by atoms with Crippen molar-refractivity contribution in [2.75, 3.05) is 5.75 Å². The van der Waals surface area contributed by atoms with E-state index >= 15 is 0 Å².